The van der Waals surface area contributed by atoms with E-state index >= 15 is 0 Å². The fourth-order valence-electron chi connectivity index (χ4n) is 4.29. The molecule has 1 amide bonds. The molecule has 25 heavy (non-hydrogen) atoms. The number of carbonyl (C=O) groups excluding carboxylic acids is 1. The Morgan fingerprint density at radius 3 is 2.64 bits per heavy atom. The van der Waals surface area contributed by atoms with Crippen molar-refractivity contribution in [3.63, 3.8) is 0 Å². The predicted octanol–water partition coefficient (Wildman–Crippen LogP) is 3.26. The van der Waals surface area contributed by atoms with Crippen LogP contribution in [-0.2, 0) is 11.2 Å². The van der Waals surface area contributed by atoms with Gasteiger partial charge in [0.05, 0.1) is 6.04 Å². The predicted molar refractivity (Wildman–Crippen MR) is 103 cm³/mol. The number of amides is 1. The van der Waals surface area contributed by atoms with Crippen LogP contribution in [0.1, 0.15) is 68.5 Å². The van der Waals surface area contributed by atoms with Gasteiger partial charge in [0.15, 0.2) is 0 Å². The zero-order valence-corrected chi connectivity index (χ0v) is 15.6. The largest absolute Gasteiger partial charge is 0.382 e. The van der Waals surface area contributed by atoms with Crippen LogP contribution in [0.2, 0.25) is 0 Å². The molecule has 3 rings (SSSR count). The first kappa shape index (κ1) is 20.2. The molecule has 0 bridgehead atoms. The summed E-state index contributed by atoms with van der Waals surface area (Å²) in [6.45, 7) is 0. The van der Waals surface area contributed by atoms with Gasteiger partial charge in [-0.2, -0.15) is 0 Å². The number of rotatable bonds is 5. The van der Waals surface area contributed by atoms with Crippen LogP contribution in [0.25, 0.3) is 0 Å². The maximum atomic E-state index is 12.5. The Morgan fingerprint density at radius 2 is 1.88 bits per heavy atom. The maximum Gasteiger partial charge on any atom is 0.250 e. The third-order valence-corrected chi connectivity index (χ3v) is 5.69. The highest BCUT2D eigenvalue weighted by molar-refractivity contribution is 5.85. The minimum absolute atomic E-state index is 0. The molecule has 1 aromatic carbocycles. The monoisotopic (exact) mass is 366 g/mol. The summed E-state index contributed by atoms with van der Waals surface area (Å²) in [4.78, 5) is 12.5. The van der Waals surface area contributed by atoms with Crippen LogP contribution in [0.3, 0.4) is 0 Å². The highest BCUT2D eigenvalue weighted by Crippen LogP contribution is 2.30. The van der Waals surface area contributed by atoms with Gasteiger partial charge in [0, 0.05) is 6.04 Å². The number of halogens is 1. The van der Waals surface area contributed by atoms with Crippen LogP contribution in [0, 0.1) is 5.92 Å². The lowest BCUT2D eigenvalue weighted by molar-refractivity contribution is -0.131. The van der Waals surface area contributed by atoms with Gasteiger partial charge in [0.1, 0.15) is 6.10 Å². The fourth-order valence-corrected chi connectivity index (χ4v) is 4.29. The number of carbonyl (C=O) groups is 1. The smallest absolute Gasteiger partial charge is 0.250 e. The standard InChI is InChI=1S/C20H30N2O2.ClH/c21-17(13-14-7-2-1-3-8-14)19(23)20(24)22-18-12-6-10-15-9-4-5-11-16(15)18;/h4-5,9,11,14,17-19,23H,1-3,6-8,10,12-13,21H2,(H,22,24);1H/t17-,18?,19?;/m1./s1. The zero-order chi connectivity index (χ0) is 16.9. The Bertz CT molecular complexity index is 560. The molecule has 1 aromatic rings. The van der Waals surface area contributed by atoms with Crippen molar-refractivity contribution in [3.05, 3.63) is 35.4 Å². The van der Waals surface area contributed by atoms with Crippen molar-refractivity contribution in [2.24, 2.45) is 11.7 Å². The Labute approximate surface area is 157 Å². The maximum absolute atomic E-state index is 12.5. The molecule has 140 valence electrons. The first-order chi connectivity index (χ1) is 11.6. The molecule has 2 aliphatic carbocycles. The molecule has 2 aliphatic rings. The summed E-state index contributed by atoms with van der Waals surface area (Å²) in [7, 11) is 0. The van der Waals surface area contributed by atoms with Crippen molar-refractivity contribution < 1.29 is 9.90 Å². The molecule has 0 aliphatic heterocycles. The van der Waals surface area contributed by atoms with E-state index in [0.29, 0.717) is 5.92 Å². The second kappa shape index (κ2) is 9.56. The molecule has 2 unspecified atom stereocenters. The van der Waals surface area contributed by atoms with Crippen LogP contribution in [0.5, 0.6) is 0 Å². The van der Waals surface area contributed by atoms with Crippen molar-refractivity contribution in [1.82, 2.24) is 5.32 Å². The Kier molecular flexibility index (Phi) is 7.73. The molecular formula is C20H31ClN2O2. The van der Waals surface area contributed by atoms with Crippen molar-refractivity contribution in [3.8, 4) is 0 Å². The quantitative estimate of drug-likeness (QED) is 0.748. The lowest BCUT2D eigenvalue weighted by Crippen LogP contribution is -2.48. The molecule has 1 saturated carbocycles. The molecule has 1 fully saturated rings. The van der Waals surface area contributed by atoms with Gasteiger partial charge in [-0.3, -0.25) is 4.79 Å². The third kappa shape index (κ3) is 5.19. The van der Waals surface area contributed by atoms with E-state index in [1.165, 1.54) is 43.2 Å². The van der Waals surface area contributed by atoms with Crippen LogP contribution >= 0.6 is 12.4 Å². The summed E-state index contributed by atoms with van der Waals surface area (Å²) in [5.41, 5.74) is 8.62. The first-order valence-corrected chi connectivity index (χ1v) is 9.47. The summed E-state index contributed by atoms with van der Waals surface area (Å²) in [6.07, 6.45) is 8.84. The summed E-state index contributed by atoms with van der Waals surface area (Å²) in [6, 6.07) is 7.78. The lowest BCUT2D eigenvalue weighted by Gasteiger charge is -2.30. The van der Waals surface area contributed by atoms with Crippen LogP contribution in [0.15, 0.2) is 24.3 Å². The minimum atomic E-state index is -1.11. The second-order valence-electron chi connectivity index (χ2n) is 7.50. The topological polar surface area (TPSA) is 75.3 Å². The highest BCUT2D eigenvalue weighted by Gasteiger charge is 2.29. The van der Waals surface area contributed by atoms with Gasteiger partial charge in [-0.15, -0.1) is 12.4 Å². The fraction of sp³-hybridized carbons (Fsp3) is 0.650. The SMILES string of the molecule is Cl.N[C@H](CC1CCCCC1)C(O)C(=O)NC1CCCc2ccccc21. The summed E-state index contributed by atoms with van der Waals surface area (Å²) in [5.74, 6) is 0.242. The van der Waals surface area contributed by atoms with Crippen molar-refractivity contribution in [1.29, 1.82) is 0 Å². The van der Waals surface area contributed by atoms with Gasteiger partial charge < -0.3 is 16.2 Å². The number of nitrogens with one attached hydrogen (secondary N) is 1. The normalized spacial score (nSPS) is 23.0. The summed E-state index contributed by atoms with van der Waals surface area (Å²) in [5, 5.41) is 13.4. The number of benzene rings is 1. The molecule has 0 saturated heterocycles. The van der Waals surface area contributed by atoms with E-state index in [2.05, 4.69) is 17.4 Å². The van der Waals surface area contributed by atoms with Crippen LogP contribution in [-0.4, -0.2) is 23.2 Å². The third-order valence-electron chi connectivity index (χ3n) is 5.69. The number of nitrogens with two attached hydrogens (primary N) is 1. The van der Waals surface area contributed by atoms with Crippen LogP contribution < -0.4 is 11.1 Å². The molecular weight excluding hydrogens is 336 g/mol. The number of fused-ring (bicyclic) bond motifs is 1. The molecule has 0 radical (unpaired) electrons. The van der Waals surface area contributed by atoms with E-state index in [4.69, 9.17) is 5.73 Å². The van der Waals surface area contributed by atoms with Gasteiger partial charge in [0.2, 0.25) is 0 Å². The lowest BCUT2D eigenvalue weighted by atomic mass is 9.83. The van der Waals surface area contributed by atoms with E-state index < -0.39 is 12.1 Å². The molecule has 4 nitrogen and oxygen atoms in total. The Balaban J connectivity index is 0.00000225. The molecule has 3 atom stereocenters. The Hall–Kier alpha value is -1.10. The van der Waals surface area contributed by atoms with E-state index in [1.807, 2.05) is 12.1 Å². The highest BCUT2D eigenvalue weighted by atomic mass is 35.5. The van der Waals surface area contributed by atoms with Gasteiger partial charge in [-0.1, -0.05) is 56.4 Å². The number of aryl methyl sites for hydroxylation is 1. The van der Waals surface area contributed by atoms with Crippen molar-refractivity contribution in [2.45, 2.75) is 76.0 Å². The summed E-state index contributed by atoms with van der Waals surface area (Å²) < 4.78 is 0. The van der Waals surface area contributed by atoms with Crippen molar-refractivity contribution in [2.75, 3.05) is 0 Å². The van der Waals surface area contributed by atoms with Gasteiger partial charge >= 0.3 is 0 Å². The first-order valence-electron chi connectivity index (χ1n) is 9.47. The number of aliphatic hydroxyl groups is 1. The molecule has 5 heteroatoms. The number of hydrogen-bond donors (Lipinski definition) is 3. The minimum Gasteiger partial charge on any atom is -0.382 e. The number of hydrogen-bond acceptors (Lipinski definition) is 3. The van der Waals surface area contributed by atoms with Gasteiger partial charge in [0.25, 0.3) is 5.91 Å². The molecule has 0 heterocycles. The van der Waals surface area contributed by atoms with Gasteiger partial charge in [-0.05, 0) is 42.7 Å². The van der Waals surface area contributed by atoms with Gasteiger partial charge in [-0.25, -0.2) is 0 Å². The molecule has 0 aromatic heterocycles. The second-order valence-corrected chi connectivity index (χ2v) is 7.50. The zero-order valence-electron chi connectivity index (χ0n) is 14.8. The summed E-state index contributed by atoms with van der Waals surface area (Å²) >= 11 is 0. The van der Waals surface area contributed by atoms with Crippen molar-refractivity contribution >= 4 is 18.3 Å². The average Bonchev–Trinajstić information content (AvgIpc) is 2.62. The number of aliphatic hydroxyl groups excluding tert-OH is 1. The van der Waals surface area contributed by atoms with Crippen LogP contribution in [0.4, 0.5) is 0 Å². The average molecular weight is 367 g/mol. The molecule has 4 N–H and O–H groups in total. The van der Waals surface area contributed by atoms with E-state index in [-0.39, 0.29) is 24.4 Å². The molecule has 0 spiro atoms. The van der Waals surface area contributed by atoms with E-state index in [9.17, 15) is 9.90 Å². The van der Waals surface area contributed by atoms with E-state index in [1.54, 1.807) is 0 Å². The Morgan fingerprint density at radius 1 is 1.16 bits per heavy atom. The van der Waals surface area contributed by atoms with E-state index in [0.717, 1.165) is 25.7 Å².